The molecule has 0 radical (unpaired) electrons. The van der Waals surface area contributed by atoms with Crippen molar-refractivity contribution >= 4 is 42.2 Å². The Morgan fingerprint density at radius 1 is 0.442 bits per heavy atom. The Morgan fingerprint density at radius 2 is 1.00 bits per heavy atom. The van der Waals surface area contributed by atoms with Crippen molar-refractivity contribution in [3.63, 3.8) is 0 Å². The predicted octanol–water partition coefficient (Wildman–Crippen LogP) is 10.6. The van der Waals surface area contributed by atoms with Gasteiger partial charge in [0.1, 0.15) is 0 Å². The van der Waals surface area contributed by atoms with E-state index in [2.05, 4.69) is 106 Å². The van der Waals surface area contributed by atoms with Gasteiger partial charge < -0.3 is 0 Å². The molecule has 3 heteroatoms. The molecule has 0 spiro atoms. The average Bonchev–Trinajstić information content (AvgIpc) is 3.26. The molecule has 0 amide bonds. The summed E-state index contributed by atoms with van der Waals surface area (Å²) in [6.07, 6.45) is 0. The lowest BCUT2D eigenvalue weighted by Gasteiger charge is -2.19. The topological polar surface area (TPSA) is 34.1 Å². The number of rotatable bonds is 2. The van der Waals surface area contributed by atoms with Gasteiger partial charge in [0.2, 0.25) is 9.84 Å². The molecule has 2 nitrogen and oxygen atoms in total. The van der Waals surface area contributed by atoms with E-state index in [0.717, 1.165) is 38.9 Å². The fourth-order valence-electron chi connectivity index (χ4n) is 6.77. The zero-order valence-corrected chi connectivity index (χ0v) is 25.2. The van der Waals surface area contributed by atoms with Gasteiger partial charge in [-0.05, 0) is 84.3 Å². The first kappa shape index (κ1) is 25.9. The Kier molecular flexibility index (Phi) is 5.51. The molecule has 0 N–H and O–H groups in total. The largest absolute Gasteiger partial charge is 0.218 e. The second-order valence-electron chi connectivity index (χ2n) is 12.6. The Hall–Kier alpha value is -4.73. The molecule has 0 aliphatic carbocycles. The molecule has 0 fully saturated rings. The minimum atomic E-state index is -3.66. The Labute approximate surface area is 252 Å². The molecule has 1 heterocycles. The molecule has 1 aliphatic heterocycles. The van der Waals surface area contributed by atoms with Crippen molar-refractivity contribution in [2.24, 2.45) is 0 Å². The average molecular weight is 575 g/mol. The highest BCUT2D eigenvalue weighted by molar-refractivity contribution is 7.92. The van der Waals surface area contributed by atoms with Crippen molar-refractivity contribution in [2.45, 2.75) is 36.0 Å². The minimum Gasteiger partial charge on any atom is -0.218 e. The first-order chi connectivity index (χ1) is 20.7. The van der Waals surface area contributed by atoms with E-state index in [9.17, 15) is 8.42 Å². The summed E-state index contributed by atoms with van der Waals surface area (Å²) in [5.74, 6) is 0. The minimum absolute atomic E-state index is 0.0784. The van der Waals surface area contributed by atoms with Gasteiger partial charge in [-0.2, -0.15) is 0 Å². The van der Waals surface area contributed by atoms with Crippen molar-refractivity contribution in [1.82, 2.24) is 0 Å². The van der Waals surface area contributed by atoms with Crippen LogP contribution >= 0.6 is 0 Å². The van der Waals surface area contributed by atoms with E-state index in [1.54, 1.807) is 6.07 Å². The molecule has 43 heavy (non-hydrogen) atoms. The van der Waals surface area contributed by atoms with Crippen LogP contribution in [0.25, 0.3) is 65.7 Å². The SMILES string of the molecule is CC(C)(C)c1ccc2c(c1)-c1cccc(-c3cccc(-c4ccc5c6ccccc6c6ccccc6c5c4)c3)c1S2(=O)=O. The number of benzene rings is 7. The zero-order valence-electron chi connectivity index (χ0n) is 24.3. The maximum atomic E-state index is 14.0. The maximum absolute atomic E-state index is 14.0. The van der Waals surface area contributed by atoms with Crippen molar-refractivity contribution in [3.8, 4) is 33.4 Å². The van der Waals surface area contributed by atoms with Gasteiger partial charge in [0.15, 0.2) is 0 Å². The summed E-state index contributed by atoms with van der Waals surface area (Å²) >= 11 is 0. The maximum Gasteiger partial charge on any atom is 0.208 e. The molecular formula is C40H30O2S. The van der Waals surface area contributed by atoms with Crippen molar-refractivity contribution in [2.75, 3.05) is 0 Å². The lowest BCUT2D eigenvalue weighted by Crippen LogP contribution is -2.11. The van der Waals surface area contributed by atoms with Gasteiger partial charge in [0, 0.05) is 16.7 Å². The van der Waals surface area contributed by atoms with E-state index in [1.165, 1.54) is 32.3 Å². The van der Waals surface area contributed by atoms with Crippen LogP contribution < -0.4 is 0 Å². The smallest absolute Gasteiger partial charge is 0.208 e. The monoisotopic (exact) mass is 574 g/mol. The third kappa shape index (κ3) is 3.88. The summed E-state index contributed by atoms with van der Waals surface area (Å²) < 4.78 is 27.9. The van der Waals surface area contributed by atoms with E-state index in [0.29, 0.717) is 9.79 Å². The van der Waals surface area contributed by atoms with Crippen LogP contribution in [0, 0.1) is 0 Å². The highest BCUT2D eigenvalue weighted by Crippen LogP contribution is 2.49. The van der Waals surface area contributed by atoms with Crippen LogP contribution in [0.15, 0.2) is 137 Å². The highest BCUT2D eigenvalue weighted by atomic mass is 32.2. The predicted molar refractivity (Wildman–Crippen MR) is 179 cm³/mol. The summed E-state index contributed by atoms with van der Waals surface area (Å²) in [6.45, 7) is 6.46. The third-order valence-corrected chi connectivity index (χ3v) is 10.9. The molecule has 0 bridgehead atoms. The van der Waals surface area contributed by atoms with Gasteiger partial charge in [0.25, 0.3) is 0 Å². The van der Waals surface area contributed by atoms with Crippen LogP contribution in [0.4, 0.5) is 0 Å². The lowest BCUT2D eigenvalue weighted by atomic mass is 9.85. The molecule has 7 aromatic rings. The van der Waals surface area contributed by atoms with Crippen LogP contribution in [0.3, 0.4) is 0 Å². The van der Waals surface area contributed by atoms with Crippen LogP contribution in [-0.4, -0.2) is 8.42 Å². The fourth-order valence-corrected chi connectivity index (χ4v) is 8.64. The molecular weight excluding hydrogens is 545 g/mol. The summed E-state index contributed by atoms with van der Waals surface area (Å²) in [5, 5.41) is 7.43. The van der Waals surface area contributed by atoms with Gasteiger partial charge in [-0.3, -0.25) is 0 Å². The molecule has 7 aromatic carbocycles. The third-order valence-electron chi connectivity index (χ3n) is 8.96. The van der Waals surface area contributed by atoms with Crippen LogP contribution in [0.1, 0.15) is 26.3 Å². The second kappa shape index (κ2) is 9.13. The van der Waals surface area contributed by atoms with Crippen molar-refractivity contribution in [1.29, 1.82) is 0 Å². The van der Waals surface area contributed by atoms with Gasteiger partial charge in [0.05, 0.1) is 9.79 Å². The molecule has 1 aliphatic rings. The van der Waals surface area contributed by atoms with E-state index in [4.69, 9.17) is 0 Å². The Balaban J connectivity index is 1.30. The van der Waals surface area contributed by atoms with Crippen molar-refractivity contribution < 1.29 is 8.42 Å². The molecule has 8 rings (SSSR count). The summed E-state index contributed by atoms with van der Waals surface area (Å²) in [4.78, 5) is 0.803. The van der Waals surface area contributed by atoms with Gasteiger partial charge in [-0.25, -0.2) is 8.42 Å². The summed E-state index contributed by atoms with van der Waals surface area (Å²) in [7, 11) is -3.66. The van der Waals surface area contributed by atoms with E-state index >= 15 is 0 Å². The first-order valence-corrected chi connectivity index (χ1v) is 16.2. The quantitative estimate of drug-likeness (QED) is 0.192. The van der Waals surface area contributed by atoms with E-state index in [-0.39, 0.29) is 5.41 Å². The fraction of sp³-hybridized carbons (Fsp3) is 0.100. The second-order valence-corrected chi connectivity index (χ2v) is 14.4. The number of hydrogen-bond donors (Lipinski definition) is 0. The molecule has 0 atom stereocenters. The van der Waals surface area contributed by atoms with Crippen LogP contribution in [0.5, 0.6) is 0 Å². The van der Waals surface area contributed by atoms with Gasteiger partial charge >= 0.3 is 0 Å². The van der Waals surface area contributed by atoms with E-state index in [1.807, 2.05) is 36.4 Å². The standard InChI is InChI=1S/C40H30O2S/c1-40(2,3)28-19-21-38-37(24-28)35-17-9-16-29(39(35)43(38,41)42)27-11-8-10-25(22-27)26-18-20-34-32-14-5-4-12-30(32)31-13-6-7-15-33(31)36(34)23-26/h4-24H,1-3H3. The zero-order chi connectivity index (χ0) is 29.5. The van der Waals surface area contributed by atoms with Crippen LogP contribution in [0.2, 0.25) is 0 Å². The molecule has 208 valence electrons. The van der Waals surface area contributed by atoms with Gasteiger partial charge in [-0.15, -0.1) is 0 Å². The molecule has 0 saturated heterocycles. The lowest BCUT2D eigenvalue weighted by molar-refractivity contribution is 0.588. The Bertz CT molecular complexity index is 2360. The number of hydrogen-bond acceptors (Lipinski definition) is 2. The summed E-state index contributed by atoms with van der Waals surface area (Å²) in [5.41, 5.74) is 6.42. The normalized spacial score (nSPS) is 13.8. The van der Waals surface area contributed by atoms with E-state index < -0.39 is 9.84 Å². The molecule has 0 saturated carbocycles. The molecule has 0 unspecified atom stereocenters. The van der Waals surface area contributed by atoms with Gasteiger partial charge in [-0.1, -0.05) is 124 Å². The Morgan fingerprint density at radius 3 is 1.67 bits per heavy atom. The highest BCUT2D eigenvalue weighted by Gasteiger charge is 2.36. The summed E-state index contributed by atoms with van der Waals surface area (Å²) in [6, 6.07) is 43.8. The number of sulfone groups is 1. The number of fused-ring (bicyclic) bond motifs is 9. The first-order valence-electron chi connectivity index (χ1n) is 14.7. The van der Waals surface area contributed by atoms with Crippen LogP contribution in [-0.2, 0) is 15.3 Å². The van der Waals surface area contributed by atoms with Crippen molar-refractivity contribution in [3.05, 3.63) is 133 Å². The molecule has 0 aromatic heterocycles.